The van der Waals surface area contributed by atoms with Crippen LogP contribution in [0.2, 0.25) is 0 Å². The first-order valence-corrected chi connectivity index (χ1v) is 6.99. The fourth-order valence-electron chi connectivity index (χ4n) is 1.88. The fraction of sp³-hybridized carbons (Fsp3) is 0.267. The minimum atomic E-state index is -0.454. The highest BCUT2D eigenvalue weighted by atomic mass is 32.1. The Balaban J connectivity index is 2.05. The number of hydrogen-bond acceptors (Lipinski definition) is 3. The molecule has 0 spiro atoms. The van der Waals surface area contributed by atoms with Crippen molar-refractivity contribution in [3.05, 3.63) is 58.0 Å². The van der Waals surface area contributed by atoms with E-state index in [-0.39, 0.29) is 23.9 Å². The molecule has 0 bridgehead atoms. The van der Waals surface area contributed by atoms with Crippen molar-refractivity contribution in [1.29, 1.82) is 0 Å². The zero-order valence-corrected chi connectivity index (χ0v) is 11.8. The highest BCUT2D eigenvalue weighted by Gasteiger charge is 2.18. The minimum absolute atomic E-state index is 0.149. The second-order valence-corrected chi connectivity index (χ2v) is 5.49. The van der Waals surface area contributed by atoms with Crippen molar-refractivity contribution in [2.24, 2.45) is 0 Å². The predicted octanol–water partition coefficient (Wildman–Crippen LogP) is 3.76. The molecule has 2 aromatic rings. The van der Waals surface area contributed by atoms with Gasteiger partial charge in [-0.25, -0.2) is 4.39 Å². The summed E-state index contributed by atoms with van der Waals surface area (Å²) in [4.78, 5) is 15.2. The van der Waals surface area contributed by atoms with Crippen LogP contribution in [0.15, 0.2) is 41.8 Å². The standard InChI is InChI=1S/C15H16FNOS/c1-11(15-8-5-9-19-15)17(2)10-14(18)12-6-3-4-7-13(12)16/h3-9,11H,10H2,1-2H3. The number of thiophene rings is 1. The molecule has 0 saturated heterocycles. The average molecular weight is 277 g/mol. The second kappa shape index (κ2) is 6.08. The van der Waals surface area contributed by atoms with Gasteiger partial charge in [-0.2, -0.15) is 0 Å². The largest absolute Gasteiger partial charge is 0.293 e. The zero-order valence-electron chi connectivity index (χ0n) is 11.0. The van der Waals surface area contributed by atoms with Crippen molar-refractivity contribution in [1.82, 2.24) is 4.90 Å². The Hall–Kier alpha value is -1.52. The summed E-state index contributed by atoms with van der Waals surface area (Å²) in [7, 11) is 1.88. The molecule has 0 radical (unpaired) electrons. The van der Waals surface area contributed by atoms with Gasteiger partial charge in [-0.3, -0.25) is 9.69 Å². The number of benzene rings is 1. The first-order chi connectivity index (χ1) is 9.09. The summed E-state index contributed by atoms with van der Waals surface area (Å²) in [6.45, 7) is 2.25. The van der Waals surface area contributed by atoms with Gasteiger partial charge in [0.05, 0.1) is 12.1 Å². The van der Waals surface area contributed by atoms with Crippen molar-refractivity contribution in [3.63, 3.8) is 0 Å². The lowest BCUT2D eigenvalue weighted by Crippen LogP contribution is -2.28. The van der Waals surface area contributed by atoms with E-state index in [0.717, 1.165) is 0 Å². The third-order valence-electron chi connectivity index (χ3n) is 3.18. The summed E-state index contributed by atoms with van der Waals surface area (Å²) in [5, 5.41) is 2.01. The molecule has 4 heteroatoms. The minimum Gasteiger partial charge on any atom is -0.293 e. The van der Waals surface area contributed by atoms with Gasteiger partial charge in [0.15, 0.2) is 5.78 Å². The monoisotopic (exact) mass is 277 g/mol. The summed E-state index contributed by atoms with van der Waals surface area (Å²) >= 11 is 1.66. The first kappa shape index (κ1) is 13.9. The smallest absolute Gasteiger partial charge is 0.179 e. The first-order valence-electron chi connectivity index (χ1n) is 6.11. The number of ketones is 1. The van der Waals surface area contributed by atoms with Crippen LogP contribution in [0.3, 0.4) is 0 Å². The molecule has 1 atom stereocenters. The maximum atomic E-state index is 13.5. The molecule has 19 heavy (non-hydrogen) atoms. The lowest BCUT2D eigenvalue weighted by molar-refractivity contribution is 0.0922. The molecule has 2 rings (SSSR count). The topological polar surface area (TPSA) is 20.3 Å². The summed E-state index contributed by atoms with van der Waals surface area (Å²) in [5.41, 5.74) is 0.160. The maximum Gasteiger partial charge on any atom is 0.179 e. The number of carbonyl (C=O) groups is 1. The molecule has 1 aromatic carbocycles. The molecule has 0 aliphatic rings. The van der Waals surface area contributed by atoms with Crippen molar-refractivity contribution in [2.75, 3.05) is 13.6 Å². The van der Waals surface area contributed by atoms with Crippen LogP contribution in [-0.2, 0) is 0 Å². The molecule has 2 nitrogen and oxygen atoms in total. The third kappa shape index (κ3) is 3.28. The Morgan fingerprint density at radius 1 is 1.32 bits per heavy atom. The Bertz CT molecular complexity index is 553. The Kier molecular flexibility index (Phi) is 4.45. The summed E-state index contributed by atoms with van der Waals surface area (Å²) in [5.74, 6) is -0.645. The maximum absolute atomic E-state index is 13.5. The van der Waals surface area contributed by atoms with Gasteiger partial charge in [-0.1, -0.05) is 18.2 Å². The van der Waals surface area contributed by atoms with Gasteiger partial charge >= 0.3 is 0 Å². The Morgan fingerprint density at radius 3 is 2.68 bits per heavy atom. The summed E-state index contributed by atoms with van der Waals surface area (Å²) in [6.07, 6.45) is 0. The number of likely N-dealkylation sites (N-methyl/N-ethyl adjacent to an activating group) is 1. The van der Waals surface area contributed by atoms with Crippen LogP contribution in [-0.4, -0.2) is 24.3 Å². The third-order valence-corrected chi connectivity index (χ3v) is 4.23. The quantitative estimate of drug-likeness (QED) is 0.776. The molecule has 0 aliphatic carbocycles. The molecular formula is C15H16FNOS. The Morgan fingerprint density at radius 2 is 2.05 bits per heavy atom. The van der Waals surface area contributed by atoms with Crippen molar-refractivity contribution >= 4 is 17.1 Å². The molecule has 0 aliphatic heterocycles. The normalized spacial score (nSPS) is 12.6. The van der Waals surface area contributed by atoms with Crippen LogP contribution in [0.1, 0.15) is 28.2 Å². The van der Waals surface area contributed by atoms with E-state index < -0.39 is 5.82 Å². The van der Waals surface area contributed by atoms with Crippen LogP contribution in [0.5, 0.6) is 0 Å². The van der Waals surface area contributed by atoms with E-state index in [9.17, 15) is 9.18 Å². The second-order valence-electron chi connectivity index (χ2n) is 4.51. The predicted molar refractivity (Wildman–Crippen MR) is 76.1 cm³/mol. The number of carbonyl (C=O) groups excluding carboxylic acids is 1. The summed E-state index contributed by atoms with van der Waals surface area (Å²) in [6, 6.07) is 10.3. The number of Topliss-reactive ketones (excluding diaryl/α,β-unsaturated/α-hetero) is 1. The van der Waals surface area contributed by atoms with Gasteiger partial charge in [0.25, 0.3) is 0 Å². The van der Waals surface area contributed by atoms with Gasteiger partial charge in [0, 0.05) is 10.9 Å². The van der Waals surface area contributed by atoms with Gasteiger partial charge in [-0.15, -0.1) is 11.3 Å². The molecule has 100 valence electrons. The lowest BCUT2D eigenvalue weighted by atomic mass is 10.1. The van der Waals surface area contributed by atoms with Crippen molar-refractivity contribution in [2.45, 2.75) is 13.0 Å². The van der Waals surface area contributed by atoms with E-state index in [1.807, 2.05) is 36.4 Å². The van der Waals surface area contributed by atoms with E-state index in [0.29, 0.717) is 0 Å². The highest BCUT2D eigenvalue weighted by molar-refractivity contribution is 7.10. The van der Waals surface area contributed by atoms with Gasteiger partial charge in [-0.05, 0) is 37.6 Å². The number of nitrogens with zero attached hydrogens (tertiary/aromatic N) is 1. The fourth-order valence-corrected chi connectivity index (χ4v) is 2.73. The van der Waals surface area contributed by atoms with E-state index in [2.05, 4.69) is 0 Å². The van der Waals surface area contributed by atoms with E-state index >= 15 is 0 Å². The van der Waals surface area contributed by atoms with E-state index in [4.69, 9.17) is 0 Å². The zero-order chi connectivity index (χ0) is 13.8. The van der Waals surface area contributed by atoms with Crippen LogP contribution in [0.4, 0.5) is 4.39 Å². The van der Waals surface area contributed by atoms with Crippen molar-refractivity contribution in [3.8, 4) is 0 Å². The molecule has 0 N–H and O–H groups in total. The van der Waals surface area contributed by atoms with Crippen molar-refractivity contribution < 1.29 is 9.18 Å². The van der Waals surface area contributed by atoms with Crippen LogP contribution in [0, 0.1) is 5.82 Å². The van der Waals surface area contributed by atoms with Crippen LogP contribution in [0.25, 0.3) is 0 Å². The van der Waals surface area contributed by atoms with Crippen LogP contribution >= 0.6 is 11.3 Å². The molecule has 1 unspecified atom stereocenters. The van der Waals surface area contributed by atoms with Gasteiger partial charge in [0.2, 0.25) is 0 Å². The highest BCUT2D eigenvalue weighted by Crippen LogP contribution is 2.23. The van der Waals surface area contributed by atoms with Crippen LogP contribution < -0.4 is 0 Å². The van der Waals surface area contributed by atoms with E-state index in [1.165, 1.54) is 17.0 Å². The molecule has 1 heterocycles. The molecule has 0 saturated carbocycles. The van der Waals surface area contributed by atoms with E-state index in [1.54, 1.807) is 23.5 Å². The molecular weight excluding hydrogens is 261 g/mol. The molecule has 0 fully saturated rings. The summed E-state index contributed by atoms with van der Waals surface area (Å²) < 4.78 is 13.5. The van der Waals surface area contributed by atoms with Gasteiger partial charge < -0.3 is 0 Å². The molecule has 0 amide bonds. The Labute approximate surface area is 116 Å². The number of hydrogen-bond donors (Lipinski definition) is 0. The molecule has 1 aromatic heterocycles. The number of rotatable bonds is 5. The SMILES string of the molecule is CC(c1cccs1)N(C)CC(=O)c1ccccc1F. The lowest BCUT2D eigenvalue weighted by Gasteiger charge is -2.23. The number of halogens is 1. The van der Waals surface area contributed by atoms with Gasteiger partial charge in [0.1, 0.15) is 5.82 Å². The average Bonchev–Trinajstić information content (AvgIpc) is 2.92.